The number of ketones is 1. The second-order valence-electron chi connectivity index (χ2n) is 19.9. The first-order chi connectivity index (χ1) is 24.9. The predicted octanol–water partition coefficient (Wildman–Crippen LogP) is 6.65. The van der Waals surface area contributed by atoms with Gasteiger partial charge in [0.15, 0.2) is 0 Å². The van der Waals surface area contributed by atoms with Crippen molar-refractivity contribution in [2.75, 3.05) is 0 Å². The molecule has 7 aliphatic carbocycles. The quantitative estimate of drug-likeness (QED) is 0.278. The Balaban J connectivity index is 1.09. The highest BCUT2D eigenvalue weighted by atomic mass is 16.7. The molecule has 2 N–H and O–H groups in total. The van der Waals surface area contributed by atoms with E-state index in [2.05, 4.69) is 45.3 Å². The van der Waals surface area contributed by atoms with Crippen LogP contribution in [0.3, 0.4) is 0 Å². The number of benzene rings is 1. The number of carbonyl (C=O) groups excluding carboxylic acids is 4. The number of nitrogens with zero attached hydrogens (tertiary/aromatic N) is 1. The largest absolute Gasteiger partial charge is 0.481 e. The van der Waals surface area contributed by atoms with Gasteiger partial charge in [0.05, 0.1) is 28.6 Å². The van der Waals surface area contributed by atoms with Crippen molar-refractivity contribution in [3.8, 4) is 0 Å². The molecule has 8 fully saturated rings. The first kappa shape index (κ1) is 36.8. The third-order valence-electron chi connectivity index (χ3n) is 14.3. The zero-order chi connectivity index (χ0) is 37.8. The molecule has 8 aliphatic rings. The molecule has 10 rings (SSSR count). The smallest absolute Gasteiger partial charge is 0.443 e. The number of hydrogen-bond donors (Lipinski definition) is 2. The SMILES string of the molecule is CC(C)C[C@H](NC(=O)[C@H](Cc1cn(C(=O)OC(C)(C)C)c2ccccc12)NC(=O)C12CC3CC(C1)C(=O)C(C3)C2)B1O[C@@H]2C[C@@H]3C[C@@H](C3(C)C)[C@]2(C)O1. The lowest BCUT2D eigenvalue weighted by molar-refractivity contribution is -0.199. The lowest BCUT2D eigenvalue weighted by Gasteiger charge is -2.64. The van der Waals surface area contributed by atoms with Gasteiger partial charge < -0.3 is 24.7 Å². The molecule has 1 saturated heterocycles. The van der Waals surface area contributed by atoms with Gasteiger partial charge in [-0.1, -0.05) is 45.9 Å². The van der Waals surface area contributed by atoms with Crippen LogP contribution in [0.2, 0.25) is 0 Å². The highest BCUT2D eigenvalue weighted by Crippen LogP contribution is 2.66. The first-order valence-electron chi connectivity index (χ1n) is 20.2. The standard InChI is InChI=1S/C42H58BN3O7/c1-23(2)13-34(43-52-33-18-28-17-32(40(28,6)7)41(33,8)53-43)45-36(48)30(44-37(49)42-19-24-14-25(20-42)35(47)26(15-24)21-42)16-27-22-46(38(50)51-39(3,4)5)31-12-10-9-11-29(27)31/h9-12,22-26,28,30,32-34H,13-21H2,1-8H3,(H,44,49)(H,45,48)/t24?,25?,26?,28-,30-,32-,33+,34-,41-,42?/m0/s1. The minimum atomic E-state index is -0.940. The molecular weight excluding hydrogens is 669 g/mol. The molecule has 2 unspecified atom stereocenters. The van der Waals surface area contributed by atoms with Crippen molar-refractivity contribution >= 4 is 41.7 Å². The second-order valence-corrected chi connectivity index (χ2v) is 19.9. The minimum absolute atomic E-state index is 0.0240. The van der Waals surface area contributed by atoms with Crippen LogP contribution in [0.15, 0.2) is 30.5 Å². The van der Waals surface area contributed by atoms with Crippen LogP contribution in [0.1, 0.15) is 112 Å². The molecule has 6 bridgehead atoms. The monoisotopic (exact) mass is 727 g/mol. The predicted molar refractivity (Wildman–Crippen MR) is 202 cm³/mol. The molecule has 2 heterocycles. The van der Waals surface area contributed by atoms with Crippen molar-refractivity contribution in [2.24, 2.45) is 46.3 Å². The second kappa shape index (κ2) is 12.7. The minimum Gasteiger partial charge on any atom is -0.443 e. The molecule has 286 valence electrons. The van der Waals surface area contributed by atoms with Crippen molar-refractivity contribution in [1.29, 1.82) is 0 Å². The number of amides is 2. The molecule has 1 aliphatic heterocycles. The van der Waals surface area contributed by atoms with Crippen LogP contribution in [-0.4, -0.2) is 64.7 Å². The van der Waals surface area contributed by atoms with Crippen LogP contribution in [0.5, 0.6) is 0 Å². The zero-order valence-electron chi connectivity index (χ0n) is 32.8. The average Bonchev–Trinajstić information content (AvgIpc) is 3.62. The number of para-hydroxylation sites is 1. The van der Waals surface area contributed by atoms with E-state index in [0.717, 1.165) is 43.1 Å². The van der Waals surface area contributed by atoms with Crippen LogP contribution in [0.25, 0.3) is 10.9 Å². The Labute approximate surface area is 314 Å². The maximum atomic E-state index is 14.8. The number of hydrogen-bond acceptors (Lipinski definition) is 7. The van der Waals surface area contributed by atoms with Gasteiger partial charge in [-0.15, -0.1) is 0 Å². The fraction of sp³-hybridized carbons (Fsp3) is 0.714. The number of Topliss-reactive ketones (excluding diaryl/α,β-unsaturated/α-hetero) is 1. The number of aromatic nitrogens is 1. The Hall–Kier alpha value is -3.18. The zero-order valence-corrected chi connectivity index (χ0v) is 32.8. The van der Waals surface area contributed by atoms with Crippen LogP contribution < -0.4 is 10.6 Å². The van der Waals surface area contributed by atoms with Crippen molar-refractivity contribution in [3.63, 3.8) is 0 Å². The van der Waals surface area contributed by atoms with E-state index in [-0.39, 0.29) is 47.5 Å². The van der Waals surface area contributed by atoms with Gasteiger partial charge >= 0.3 is 13.2 Å². The first-order valence-corrected chi connectivity index (χ1v) is 20.2. The summed E-state index contributed by atoms with van der Waals surface area (Å²) >= 11 is 0. The van der Waals surface area contributed by atoms with Crippen LogP contribution >= 0.6 is 0 Å². The molecule has 10 nitrogen and oxygen atoms in total. The van der Waals surface area contributed by atoms with Crippen LogP contribution in [-0.2, 0) is 34.9 Å². The Kier molecular flexibility index (Phi) is 8.80. The molecule has 53 heavy (non-hydrogen) atoms. The lowest BCUT2D eigenvalue weighted by atomic mass is 9.43. The number of rotatable bonds is 9. The van der Waals surface area contributed by atoms with E-state index in [4.69, 9.17) is 14.0 Å². The van der Waals surface area contributed by atoms with Gasteiger partial charge in [-0.2, -0.15) is 0 Å². The fourth-order valence-corrected chi connectivity index (χ4v) is 11.7. The summed E-state index contributed by atoms with van der Waals surface area (Å²) in [6.45, 7) is 16.6. The van der Waals surface area contributed by atoms with Crippen LogP contribution in [0.4, 0.5) is 4.79 Å². The molecule has 2 amide bonds. The molecule has 2 aromatic rings. The number of ether oxygens (including phenoxy) is 1. The van der Waals surface area contributed by atoms with E-state index in [0.29, 0.717) is 48.3 Å². The lowest BCUT2D eigenvalue weighted by Crippen LogP contribution is -2.65. The summed E-state index contributed by atoms with van der Waals surface area (Å²) in [4.78, 5) is 55.7. The van der Waals surface area contributed by atoms with Gasteiger partial charge in [0.2, 0.25) is 11.8 Å². The third kappa shape index (κ3) is 6.25. The molecule has 1 aromatic heterocycles. The van der Waals surface area contributed by atoms with Gasteiger partial charge in [-0.25, -0.2) is 4.79 Å². The third-order valence-corrected chi connectivity index (χ3v) is 14.3. The molecule has 8 atom stereocenters. The Bertz CT molecular complexity index is 1810. The Morgan fingerprint density at radius 3 is 2.36 bits per heavy atom. The van der Waals surface area contributed by atoms with Crippen LogP contribution in [0, 0.1) is 46.3 Å². The summed E-state index contributed by atoms with van der Waals surface area (Å²) in [7, 11) is -0.605. The topological polar surface area (TPSA) is 125 Å². The molecule has 1 aromatic carbocycles. The van der Waals surface area contributed by atoms with E-state index in [1.54, 1.807) is 6.20 Å². The van der Waals surface area contributed by atoms with Gasteiger partial charge in [0.25, 0.3) is 0 Å². The van der Waals surface area contributed by atoms with Gasteiger partial charge in [-0.3, -0.25) is 19.0 Å². The molecule has 0 radical (unpaired) electrons. The summed E-state index contributed by atoms with van der Waals surface area (Å²) < 4.78 is 20.8. The van der Waals surface area contributed by atoms with Gasteiger partial charge in [-0.05, 0) is 120 Å². The number of nitrogens with one attached hydrogen (secondary N) is 2. The van der Waals surface area contributed by atoms with E-state index < -0.39 is 41.8 Å². The number of carbonyl (C=O) groups is 4. The highest BCUT2D eigenvalue weighted by Gasteiger charge is 2.68. The summed E-state index contributed by atoms with van der Waals surface area (Å²) in [5.74, 6) is 0.903. The summed E-state index contributed by atoms with van der Waals surface area (Å²) in [5, 5.41) is 7.38. The van der Waals surface area contributed by atoms with Crippen molar-refractivity contribution in [3.05, 3.63) is 36.0 Å². The van der Waals surface area contributed by atoms with E-state index in [1.807, 2.05) is 45.0 Å². The van der Waals surface area contributed by atoms with Crippen molar-refractivity contribution < 1.29 is 33.2 Å². The van der Waals surface area contributed by atoms with E-state index in [1.165, 1.54) is 4.57 Å². The van der Waals surface area contributed by atoms with Gasteiger partial charge in [0.1, 0.15) is 17.4 Å². The van der Waals surface area contributed by atoms with Crippen molar-refractivity contribution in [2.45, 2.75) is 142 Å². The molecule has 7 saturated carbocycles. The molecular formula is C42H58BN3O7. The van der Waals surface area contributed by atoms with Crippen molar-refractivity contribution in [1.82, 2.24) is 15.2 Å². The Morgan fingerprint density at radius 2 is 1.70 bits per heavy atom. The normalized spacial score (nSPS) is 34.8. The Morgan fingerprint density at radius 1 is 1.00 bits per heavy atom. The summed E-state index contributed by atoms with van der Waals surface area (Å²) in [6, 6.07) is 6.63. The summed E-state index contributed by atoms with van der Waals surface area (Å²) in [6.07, 6.45) is 7.70. The molecule has 11 heteroatoms. The van der Waals surface area contributed by atoms with Gasteiger partial charge in [0, 0.05) is 29.8 Å². The number of fused-ring (bicyclic) bond motifs is 1. The van der Waals surface area contributed by atoms with E-state index >= 15 is 0 Å². The summed E-state index contributed by atoms with van der Waals surface area (Å²) in [5.41, 5.74) is -0.156. The fourth-order valence-electron chi connectivity index (χ4n) is 11.7. The van der Waals surface area contributed by atoms with E-state index in [9.17, 15) is 19.2 Å². The average molecular weight is 728 g/mol. The highest BCUT2D eigenvalue weighted by molar-refractivity contribution is 6.48. The molecule has 0 spiro atoms. The maximum Gasteiger partial charge on any atom is 0.481 e. The maximum absolute atomic E-state index is 14.8.